The second-order valence-electron chi connectivity index (χ2n) is 9.25. The predicted molar refractivity (Wildman–Crippen MR) is 150 cm³/mol. The summed E-state index contributed by atoms with van der Waals surface area (Å²) in [6.45, 7) is 3.03. The van der Waals surface area contributed by atoms with Gasteiger partial charge in [-0.1, -0.05) is 72.8 Å². The fourth-order valence-corrected chi connectivity index (χ4v) is 4.47. The van der Waals surface area contributed by atoms with Gasteiger partial charge in [-0.25, -0.2) is 14.4 Å². The number of benzene rings is 4. The molecule has 1 amide bonds. The van der Waals surface area contributed by atoms with E-state index >= 15 is 0 Å². The molecule has 0 saturated carbocycles. The smallest absolute Gasteiger partial charge is 0.222 e. The minimum atomic E-state index is -0.309. The highest BCUT2D eigenvalue weighted by Gasteiger charge is 2.18. The molecule has 0 radical (unpaired) electrons. The van der Waals surface area contributed by atoms with Crippen molar-refractivity contribution in [3.63, 3.8) is 0 Å². The monoisotopic (exact) mass is 504 g/mol. The molecule has 6 heteroatoms. The highest BCUT2D eigenvalue weighted by atomic mass is 19.1. The Morgan fingerprint density at radius 1 is 0.842 bits per heavy atom. The van der Waals surface area contributed by atoms with Crippen LogP contribution in [0.4, 0.5) is 10.2 Å². The average molecular weight is 505 g/mol. The maximum Gasteiger partial charge on any atom is 0.222 e. The van der Waals surface area contributed by atoms with Gasteiger partial charge in [0.2, 0.25) is 5.91 Å². The number of nitrogens with one attached hydrogen (secondary N) is 1. The van der Waals surface area contributed by atoms with E-state index in [0.717, 1.165) is 33.4 Å². The molecule has 0 unspecified atom stereocenters. The highest BCUT2D eigenvalue weighted by molar-refractivity contribution is 5.91. The van der Waals surface area contributed by atoms with E-state index < -0.39 is 0 Å². The second-order valence-corrected chi connectivity index (χ2v) is 9.25. The first-order valence-corrected chi connectivity index (χ1v) is 12.7. The van der Waals surface area contributed by atoms with Crippen molar-refractivity contribution in [1.82, 2.24) is 15.3 Å². The molecule has 0 aliphatic heterocycles. The van der Waals surface area contributed by atoms with Gasteiger partial charge < -0.3 is 10.2 Å². The van der Waals surface area contributed by atoms with Crippen LogP contribution in [0.2, 0.25) is 0 Å². The summed E-state index contributed by atoms with van der Waals surface area (Å²) in [6.07, 6.45) is 0.300. The van der Waals surface area contributed by atoms with Crippen LogP contribution in [0, 0.1) is 5.82 Å². The van der Waals surface area contributed by atoms with Crippen LogP contribution < -0.4 is 10.2 Å². The Balaban J connectivity index is 1.46. The molecule has 190 valence electrons. The Morgan fingerprint density at radius 3 is 2.24 bits per heavy atom. The van der Waals surface area contributed by atoms with Crippen molar-refractivity contribution in [1.29, 1.82) is 0 Å². The first kappa shape index (κ1) is 25.1. The van der Waals surface area contributed by atoms with Gasteiger partial charge in [0.1, 0.15) is 11.6 Å². The SMILES string of the molecule is C[C@@H](NC(=O)CCN(Cc1ccccc1)c1nc(-c2ccc(F)cc2)nc2ccccc12)c1ccccc1. The van der Waals surface area contributed by atoms with Gasteiger partial charge in [0.15, 0.2) is 5.82 Å². The largest absolute Gasteiger partial charge is 0.351 e. The van der Waals surface area contributed by atoms with E-state index in [2.05, 4.69) is 22.3 Å². The first-order valence-electron chi connectivity index (χ1n) is 12.7. The number of carbonyl (C=O) groups is 1. The summed E-state index contributed by atoms with van der Waals surface area (Å²) in [4.78, 5) is 24.8. The molecule has 4 aromatic carbocycles. The molecule has 1 atom stereocenters. The molecule has 0 aliphatic rings. The van der Waals surface area contributed by atoms with Crippen molar-refractivity contribution < 1.29 is 9.18 Å². The molecule has 1 N–H and O–H groups in total. The van der Waals surface area contributed by atoms with Crippen molar-refractivity contribution in [3.05, 3.63) is 126 Å². The zero-order valence-electron chi connectivity index (χ0n) is 21.2. The molecule has 5 rings (SSSR count). The molecule has 38 heavy (non-hydrogen) atoms. The Kier molecular flexibility index (Phi) is 7.69. The van der Waals surface area contributed by atoms with Gasteiger partial charge in [0.05, 0.1) is 11.6 Å². The molecular formula is C32H29FN4O. The fourth-order valence-electron chi connectivity index (χ4n) is 4.47. The number of halogens is 1. The summed E-state index contributed by atoms with van der Waals surface area (Å²) in [7, 11) is 0. The standard InChI is InChI=1S/C32H29FN4O/c1-23(25-12-6-3-7-13-25)34-30(38)20-21-37(22-24-10-4-2-5-11-24)32-28-14-8-9-15-29(28)35-31(36-32)26-16-18-27(33)19-17-26/h2-19,23H,20-22H2,1H3,(H,34,38)/t23-/m1/s1. The molecule has 0 saturated heterocycles. The molecule has 1 aromatic heterocycles. The maximum absolute atomic E-state index is 13.6. The third kappa shape index (κ3) is 6.03. The molecule has 1 heterocycles. The van der Waals surface area contributed by atoms with Crippen LogP contribution in [0.5, 0.6) is 0 Å². The normalized spacial score (nSPS) is 11.7. The van der Waals surface area contributed by atoms with E-state index in [9.17, 15) is 9.18 Å². The highest BCUT2D eigenvalue weighted by Crippen LogP contribution is 2.29. The fraction of sp³-hybridized carbons (Fsp3) is 0.156. The van der Waals surface area contributed by atoms with E-state index in [1.165, 1.54) is 12.1 Å². The average Bonchev–Trinajstić information content (AvgIpc) is 2.96. The van der Waals surface area contributed by atoms with E-state index in [1.807, 2.05) is 79.7 Å². The Morgan fingerprint density at radius 2 is 1.50 bits per heavy atom. The molecule has 0 fully saturated rings. The number of carbonyl (C=O) groups excluding carboxylic acids is 1. The second kappa shape index (κ2) is 11.6. The number of para-hydroxylation sites is 1. The number of hydrogen-bond acceptors (Lipinski definition) is 4. The van der Waals surface area contributed by atoms with E-state index in [0.29, 0.717) is 25.3 Å². The number of nitrogens with zero attached hydrogens (tertiary/aromatic N) is 3. The van der Waals surface area contributed by atoms with E-state index in [-0.39, 0.29) is 17.8 Å². The van der Waals surface area contributed by atoms with Gasteiger partial charge in [-0.3, -0.25) is 4.79 Å². The van der Waals surface area contributed by atoms with Gasteiger partial charge in [-0.2, -0.15) is 0 Å². The summed E-state index contributed by atoms with van der Waals surface area (Å²) in [5.74, 6) is 0.911. The molecule has 0 aliphatic carbocycles. The van der Waals surface area contributed by atoms with Gasteiger partial charge >= 0.3 is 0 Å². The first-order chi connectivity index (χ1) is 18.6. The topological polar surface area (TPSA) is 58.1 Å². The molecule has 0 spiro atoms. The van der Waals surface area contributed by atoms with Crippen molar-refractivity contribution in [2.75, 3.05) is 11.4 Å². The lowest BCUT2D eigenvalue weighted by Crippen LogP contribution is -2.32. The zero-order valence-corrected chi connectivity index (χ0v) is 21.2. The maximum atomic E-state index is 13.6. The number of hydrogen-bond donors (Lipinski definition) is 1. The molecule has 5 nitrogen and oxygen atoms in total. The third-order valence-electron chi connectivity index (χ3n) is 6.49. The Hall–Kier alpha value is -4.58. The van der Waals surface area contributed by atoms with Gasteiger partial charge in [-0.05, 0) is 54.4 Å². The lowest BCUT2D eigenvalue weighted by molar-refractivity contribution is -0.121. The zero-order chi connectivity index (χ0) is 26.3. The predicted octanol–water partition coefficient (Wildman–Crippen LogP) is 6.71. The van der Waals surface area contributed by atoms with Crippen LogP contribution in [0.3, 0.4) is 0 Å². The van der Waals surface area contributed by atoms with Crippen LogP contribution in [0.15, 0.2) is 109 Å². The van der Waals surface area contributed by atoms with Crippen LogP contribution >= 0.6 is 0 Å². The van der Waals surface area contributed by atoms with E-state index in [4.69, 9.17) is 9.97 Å². The minimum absolute atomic E-state index is 0.0310. The number of anilines is 1. The lowest BCUT2D eigenvalue weighted by Gasteiger charge is -2.26. The summed E-state index contributed by atoms with van der Waals surface area (Å²) in [5.41, 5.74) is 3.69. The number of fused-ring (bicyclic) bond motifs is 1. The van der Waals surface area contributed by atoms with Crippen molar-refractivity contribution in [3.8, 4) is 11.4 Å². The van der Waals surface area contributed by atoms with Crippen LogP contribution in [0.1, 0.15) is 30.5 Å². The van der Waals surface area contributed by atoms with Crippen molar-refractivity contribution in [2.45, 2.75) is 25.9 Å². The molecule has 0 bridgehead atoms. The Bertz CT molecular complexity index is 1510. The van der Waals surface area contributed by atoms with Crippen LogP contribution in [-0.4, -0.2) is 22.4 Å². The lowest BCUT2D eigenvalue weighted by atomic mass is 10.1. The van der Waals surface area contributed by atoms with Crippen LogP contribution in [0.25, 0.3) is 22.3 Å². The van der Waals surface area contributed by atoms with Crippen molar-refractivity contribution in [2.24, 2.45) is 0 Å². The van der Waals surface area contributed by atoms with E-state index in [1.54, 1.807) is 12.1 Å². The summed E-state index contributed by atoms with van der Waals surface area (Å²) in [5, 5.41) is 4.01. The third-order valence-corrected chi connectivity index (χ3v) is 6.49. The van der Waals surface area contributed by atoms with Gasteiger partial charge in [-0.15, -0.1) is 0 Å². The van der Waals surface area contributed by atoms with Gasteiger partial charge in [0, 0.05) is 30.5 Å². The molecule has 5 aromatic rings. The minimum Gasteiger partial charge on any atom is -0.351 e. The number of aromatic nitrogens is 2. The quantitative estimate of drug-likeness (QED) is 0.242. The summed E-state index contributed by atoms with van der Waals surface area (Å²) < 4.78 is 13.6. The molecular weight excluding hydrogens is 475 g/mol. The van der Waals surface area contributed by atoms with Gasteiger partial charge in [0.25, 0.3) is 0 Å². The Labute approximate surface area is 222 Å². The summed E-state index contributed by atoms with van der Waals surface area (Å²) >= 11 is 0. The summed E-state index contributed by atoms with van der Waals surface area (Å²) in [6, 6.07) is 34.0. The number of rotatable bonds is 9. The van der Waals surface area contributed by atoms with Crippen LogP contribution in [-0.2, 0) is 11.3 Å². The van der Waals surface area contributed by atoms with Crippen molar-refractivity contribution >= 4 is 22.6 Å². The number of amides is 1.